The van der Waals surface area contributed by atoms with Gasteiger partial charge < -0.3 is 5.32 Å². The molecule has 64 heavy (non-hydrogen) atoms. The molecule has 0 saturated carbocycles. The van der Waals surface area contributed by atoms with Crippen molar-refractivity contribution in [2.24, 2.45) is 0 Å². The van der Waals surface area contributed by atoms with Crippen molar-refractivity contribution in [2.45, 2.75) is 101 Å². The Morgan fingerprint density at radius 3 is 2.23 bits per heavy atom. The average Bonchev–Trinajstić information content (AvgIpc) is 3.84. The van der Waals surface area contributed by atoms with Crippen molar-refractivity contribution in [1.29, 1.82) is 0 Å². The van der Waals surface area contributed by atoms with Gasteiger partial charge in [-0.05, 0) is 169 Å². The second-order valence-electron chi connectivity index (χ2n) is 21.2. The van der Waals surface area contributed by atoms with Gasteiger partial charge in [-0.15, -0.1) is 0 Å². The fraction of sp³-hybridized carbons (Fsp3) is 0.258. The van der Waals surface area contributed by atoms with E-state index in [1.165, 1.54) is 113 Å². The lowest BCUT2D eigenvalue weighted by Crippen LogP contribution is -2.42. The Balaban J connectivity index is 1.01. The number of hydrogen-bond donors (Lipinski definition) is 1. The van der Waals surface area contributed by atoms with Gasteiger partial charge in [0.25, 0.3) is 0 Å². The predicted octanol–water partition coefficient (Wildman–Crippen LogP) is 13.6. The zero-order valence-corrected chi connectivity index (χ0v) is 37.9. The van der Waals surface area contributed by atoms with Crippen LogP contribution >= 0.6 is 0 Å². The number of benzene rings is 6. The Bertz CT molecular complexity index is 3230. The molecule has 0 saturated heterocycles. The molecule has 6 aromatic carbocycles. The van der Waals surface area contributed by atoms with Gasteiger partial charge in [0.15, 0.2) is 7.28 Å². The normalized spacial score (nSPS) is 22.8. The van der Waals surface area contributed by atoms with E-state index in [1.807, 2.05) is 0 Å². The fourth-order valence-corrected chi connectivity index (χ4v) is 13.6. The van der Waals surface area contributed by atoms with Gasteiger partial charge in [-0.2, -0.15) is 0 Å². The van der Waals surface area contributed by atoms with Gasteiger partial charge >= 0.3 is 0 Å². The van der Waals surface area contributed by atoms with Gasteiger partial charge in [0.2, 0.25) is 0 Å². The van der Waals surface area contributed by atoms with Crippen LogP contribution in [-0.2, 0) is 22.7 Å². The molecule has 7 aliphatic carbocycles. The van der Waals surface area contributed by atoms with E-state index in [-0.39, 0.29) is 16.2 Å². The van der Waals surface area contributed by atoms with Crippen LogP contribution in [0.2, 0.25) is 0 Å². The molecule has 0 aromatic heterocycles. The summed E-state index contributed by atoms with van der Waals surface area (Å²) >= 11 is 0. The van der Waals surface area contributed by atoms with Gasteiger partial charge in [-0.1, -0.05) is 172 Å². The summed E-state index contributed by atoms with van der Waals surface area (Å²) in [6.07, 6.45) is 21.2. The van der Waals surface area contributed by atoms with Crippen LogP contribution in [0.1, 0.15) is 129 Å². The van der Waals surface area contributed by atoms with Gasteiger partial charge in [-0.3, -0.25) is 0 Å². The minimum absolute atomic E-state index is 0.143. The highest BCUT2D eigenvalue weighted by Gasteiger charge is 2.53. The quantitative estimate of drug-likeness (QED) is 0.171. The summed E-state index contributed by atoms with van der Waals surface area (Å²) in [6, 6.07) is 47.4. The predicted molar refractivity (Wildman–Crippen MR) is 272 cm³/mol. The first-order valence-electron chi connectivity index (χ1n) is 24.2. The van der Waals surface area contributed by atoms with Gasteiger partial charge in [0.05, 0.1) is 5.41 Å². The first-order valence-corrected chi connectivity index (χ1v) is 24.2. The largest absolute Gasteiger partial charge is 0.358 e. The molecule has 13 rings (SSSR count). The smallest absolute Gasteiger partial charge is 0.193 e. The molecule has 0 heterocycles. The van der Waals surface area contributed by atoms with Crippen LogP contribution in [0.15, 0.2) is 174 Å². The first kappa shape index (κ1) is 38.4. The number of nitrogens with one attached hydrogen (secondary N) is 1. The monoisotopic (exact) mass is 825 g/mol. The van der Waals surface area contributed by atoms with Crippen molar-refractivity contribution in [3.05, 3.63) is 224 Å². The lowest BCUT2D eigenvalue weighted by atomic mass is 9.52. The van der Waals surface area contributed by atoms with Gasteiger partial charge in [-0.25, -0.2) is 0 Å². The van der Waals surface area contributed by atoms with Crippen molar-refractivity contribution in [3.8, 4) is 0 Å². The SMILES string of the molecule is CC1(C)CCC(C)(C)c2cc(NC3=C(c4cc5ccccc5cc4Bc4cccc5c4C4C=CC=C(C4)C54C5=CCCC=C5c5ccccc54)C4=C(CC3)c3ccccc3C4)ccc21. The summed E-state index contributed by atoms with van der Waals surface area (Å²) in [4.78, 5) is 0. The molecule has 0 amide bonds. The molecule has 0 aliphatic heterocycles. The van der Waals surface area contributed by atoms with Crippen molar-refractivity contribution < 1.29 is 0 Å². The molecule has 1 spiro atoms. The van der Waals surface area contributed by atoms with E-state index in [1.54, 1.807) is 16.7 Å². The summed E-state index contributed by atoms with van der Waals surface area (Å²) in [6.45, 7) is 9.76. The van der Waals surface area contributed by atoms with Crippen LogP contribution in [0.25, 0.3) is 27.5 Å². The maximum Gasteiger partial charge on any atom is 0.193 e. The molecule has 2 atom stereocenters. The summed E-state index contributed by atoms with van der Waals surface area (Å²) in [5.41, 5.74) is 27.8. The summed E-state index contributed by atoms with van der Waals surface area (Å²) in [7, 11) is 0.876. The molecule has 0 fully saturated rings. The first-order chi connectivity index (χ1) is 31.2. The third kappa shape index (κ3) is 5.50. The lowest BCUT2D eigenvalue weighted by molar-refractivity contribution is 0.332. The number of allylic oxidation sites excluding steroid dienone is 12. The molecule has 2 bridgehead atoms. The van der Waals surface area contributed by atoms with E-state index >= 15 is 0 Å². The van der Waals surface area contributed by atoms with Crippen molar-refractivity contribution in [2.75, 3.05) is 5.32 Å². The second-order valence-corrected chi connectivity index (χ2v) is 21.2. The van der Waals surface area contributed by atoms with Gasteiger partial charge in [0.1, 0.15) is 0 Å². The summed E-state index contributed by atoms with van der Waals surface area (Å²) in [5, 5.41) is 6.81. The van der Waals surface area contributed by atoms with Crippen molar-refractivity contribution >= 4 is 51.4 Å². The highest BCUT2D eigenvalue weighted by molar-refractivity contribution is 6.69. The van der Waals surface area contributed by atoms with E-state index in [0.29, 0.717) is 5.92 Å². The van der Waals surface area contributed by atoms with Crippen LogP contribution in [-0.4, -0.2) is 7.28 Å². The Hall–Kier alpha value is -6.12. The van der Waals surface area contributed by atoms with E-state index in [4.69, 9.17) is 0 Å². The molecule has 6 aromatic rings. The molecule has 0 radical (unpaired) electrons. The highest BCUT2D eigenvalue weighted by atomic mass is 14.9. The zero-order valence-electron chi connectivity index (χ0n) is 37.9. The van der Waals surface area contributed by atoms with Crippen molar-refractivity contribution in [3.63, 3.8) is 0 Å². The zero-order chi connectivity index (χ0) is 43.0. The number of hydrogen-bond acceptors (Lipinski definition) is 1. The Morgan fingerprint density at radius 1 is 0.609 bits per heavy atom. The number of anilines is 1. The van der Waals surface area contributed by atoms with Crippen LogP contribution < -0.4 is 16.2 Å². The molecule has 1 N–H and O–H groups in total. The highest BCUT2D eigenvalue weighted by Crippen LogP contribution is 2.63. The molecule has 2 unspecified atom stereocenters. The van der Waals surface area contributed by atoms with Crippen LogP contribution in [0.5, 0.6) is 0 Å². The molecule has 312 valence electrons. The Kier molecular flexibility index (Phi) is 8.35. The Morgan fingerprint density at radius 2 is 1.36 bits per heavy atom. The Labute approximate surface area is 380 Å². The average molecular weight is 826 g/mol. The van der Waals surface area contributed by atoms with E-state index < -0.39 is 0 Å². The number of fused-ring (bicyclic) bond motifs is 15. The topological polar surface area (TPSA) is 12.0 Å². The van der Waals surface area contributed by atoms with Gasteiger partial charge in [0, 0.05) is 22.9 Å². The third-order valence-electron chi connectivity index (χ3n) is 16.8. The molecular formula is C62H56BN. The molecule has 7 aliphatic rings. The van der Waals surface area contributed by atoms with Crippen LogP contribution in [0.3, 0.4) is 0 Å². The molecule has 1 nitrogen and oxygen atoms in total. The minimum Gasteiger partial charge on any atom is -0.358 e. The van der Waals surface area contributed by atoms with Crippen molar-refractivity contribution in [1.82, 2.24) is 0 Å². The van der Waals surface area contributed by atoms with Crippen LogP contribution in [0.4, 0.5) is 5.69 Å². The second kappa shape index (κ2) is 13.9. The van der Waals surface area contributed by atoms with E-state index in [0.717, 1.165) is 45.8 Å². The molecule has 2 heteroatoms. The lowest BCUT2D eigenvalue weighted by Gasteiger charge is -2.45. The number of rotatable bonds is 5. The fourth-order valence-electron chi connectivity index (χ4n) is 13.6. The third-order valence-corrected chi connectivity index (χ3v) is 16.8. The standard InChI is InChI=1S/C62H56BN/c1-60(2)31-32-61(3,4)54-37-43(27-29-52(54)60)64-57-30-28-45-44-20-8-7-17-40(44)35-48(45)59(57)49-34-38-15-5-6-16-39(38)36-56(49)63-55-26-14-25-53-58(55)41-18-13-19-42(33-41)62(53)50-23-11-9-21-46(50)47-22-10-12-24-51(47)62/h5-9,11,13-27,29,34,36-37,41,63-64H,10,12,28,30-33,35H2,1-4H3. The maximum atomic E-state index is 4.19. The summed E-state index contributed by atoms with van der Waals surface area (Å²) in [5.74, 6) is 0.355. The minimum atomic E-state index is -0.251. The van der Waals surface area contributed by atoms with Crippen LogP contribution in [0, 0.1) is 0 Å². The molecular weight excluding hydrogens is 770 g/mol. The van der Waals surface area contributed by atoms with E-state index in [2.05, 4.69) is 185 Å². The van der Waals surface area contributed by atoms with E-state index in [9.17, 15) is 0 Å². The maximum absolute atomic E-state index is 4.19. The summed E-state index contributed by atoms with van der Waals surface area (Å²) < 4.78 is 0.